The van der Waals surface area contributed by atoms with Crippen LogP contribution >= 0.6 is 0 Å². The quantitative estimate of drug-likeness (QED) is 0.939. The lowest BCUT2D eigenvalue weighted by molar-refractivity contribution is -0.115. The first-order valence-corrected chi connectivity index (χ1v) is 6.85. The first-order chi connectivity index (χ1) is 10.1. The number of hydrogen-bond acceptors (Lipinski definition) is 2. The van der Waals surface area contributed by atoms with E-state index in [2.05, 4.69) is 5.32 Å². The van der Waals surface area contributed by atoms with Gasteiger partial charge in [-0.25, -0.2) is 0 Å². The van der Waals surface area contributed by atoms with Gasteiger partial charge in [0.05, 0.1) is 6.42 Å². The van der Waals surface area contributed by atoms with Gasteiger partial charge >= 0.3 is 0 Å². The fourth-order valence-electron chi connectivity index (χ4n) is 2.50. The van der Waals surface area contributed by atoms with Gasteiger partial charge in [0.1, 0.15) is 0 Å². The Balaban J connectivity index is 1.76. The lowest BCUT2D eigenvalue weighted by Gasteiger charge is -2.17. The third-order valence-electron chi connectivity index (χ3n) is 3.59. The Hall–Kier alpha value is -2.62. The lowest BCUT2D eigenvalue weighted by atomic mass is 10.1. The summed E-state index contributed by atoms with van der Waals surface area (Å²) in [6.45, 7) is 0.559. The second kappa shape index (κ2) is 5.40. The summed E-state index contributed by atoms with van der Waals surface area (Å²) in [5, 5.41) is 2.77. The van der Waals surface area contributed by atoms with Crippen LogP contribution in [0.15, 0.2) is 48.5 Å². The molecule has 0 unspecified atom stereocenters. The smallest absolute Gasteiger partial charge is 0.253 e. The van der Waals surface area contributed by atoms with E-state index in [1.165, 1.54) is 0 Å². The summed E-state index contributed by atoms with van der Waals surface area (Å²) in [6.07, 6.45) is 0.393. The minimum absolute atomic E-state index is 0.0211. The van der Waals surface area contributed by atoms with Gasteiger partial charge in [0, 0.05) is 24.8 Å². The van der Waals surface area contributed by atoms with Crippen LogP contribution in [0.2, 0.25) is 0 Å². The maximum atomic E-state index is 12.4. The third kappa shape index (κ3) is 2.79. The molecule has 1 aliphatic heterocycles. The van der Waals surface area contributed by atoms with Crippen molar-refractivity contribution in [3.8, 4) is 0 Å². The van der Waals surface area contributed by atoms with Crippen LogP contribution in [0.3, 0.4) is 0 Å². The van der Waals surface area contributed by atoms with Crippen molar-refractivity contribution in [2.24, 2.45) is 0 Å². The number of rotatable bonds is 3. The number of carbonyl (C=O) groups is 2. The first kappa shape index (κ1) is 13.4. The molecule has 0 saturated heterocycles. The summed E-state index contributed by atoms with van der Waals surface area (Å²) < 4.78 is 0. The van der Waals surface area contributed by atoms with Crippen LogP contribution < -0.4 is 5.32 Å². The number of nitrogens with one attached hydrogen (secondary N) is 1. The van der Waals surface area contributed by atoms with Gasteiger partial charge in [0.15, 0.2) is 0 Å². The van der Waals surface area contributed by atoms with Gasteiger partial charge in [-0.15, -0.1) is 0 Å². The third-order valence-corrected chi connectivity index (χ3v) is 3.59. The Morgan fingerprint density at radius 1 is 1.19 bits per heavy atom. The van der Waals surface area contributed by atoms with E-state index in [1.807, 2.05) is 36.4 Å². The zero-order chi connectivity index (χ0) is 14.8. The molecular weight excluding hydrogens is 264 g/mol. The summed E-state index contributed by atoms with van der Waals surface area (Å²) in [7, 11) is 1.78. The normalized spacial score (nSPS) is 12.7. The molecule has 4 heteroatoms. The lowest BCUT2D eigenvalue weighted by Crippen LogP contribution is -2.26. The maximum Gasteiger partial charge on any atom is 0.253 e. The molecule has 0 spiro atoms. The number of nitrogens with zero attached hydrogens (tertiary/aromatic N) is 1. The van der Waals surface area contributed by atoms with Gasteiger partial charge < -0.3 is 10.2 Å². The Kier molecular flexibility index (Phi) is 3.44. The molecule has 1 heterocycles. The van der Waals surface area contributed by atoms with E-state index in [-0.39, 0.29) is 11.8 Å². The highest BCUT2D eigenvalue weighted by Crippen LogP contribution is 2.24. The van der Waals surface area contributed by atoms with Gasteiger partial charge in [-0.05, 0) is 23.3 Å². The number of carbonyl (C=O) groups excluding carboxylic acids is 2. The van der Waals surface area contributed by atoms with Crippen molar-refractivity contribution in [3.05, 3.63) is 65.2 Å². The van der Waals surface area contributed by atoms with Crippen molar-refractivity contribution in [2.75, 3.05) is 12.4 Å². The molecule has 0 saturated carbocycles. The molecule has 3 rings (SSSR count). The van der Waals surface area contributed by atoms with Crippen molar-refractivity contribution in [2.45, 2.75) is 13.0 Å². The van der Waals surface area contributed by atoms with E-state index in [9.17, 15) is 9.59 Å². The highest BCUT2D eigenvalue weighted by Gasteiger charge is 2.20. The topological polar surface area (TPSA) is 49.4 Å². The van der Waals surface area contributed by atoms with Crippen LogP contribution in [-0.2, 0) is 17.8 Å². The number of benzene rings is 2. The van der Waals surface area contributed by atoms with Crippen LogP contribution in [0, 0.1) is 0 Å². The van der Waals surface area contributed by atoms with Crippen LogP contribution in [0.1, 0.15) is 21.5 Å². The minimum Gasteiger partial charge on any atom is -0.337 e. The van der Waals surface area contributed by atoms with E-state index in [0.717, 1.165) is 16.8 Å². The monoisotopic (exact) mass is 280 g/mol. The van der Waals surface area contributed by atoms with Gasteiger partial charge in [-0.2, -0.15) is 0 Å². The Morgan fingerprint density at radius 3 is 2.71 bits per heavy atom. The molecule has 4 nitrogen and oxygen atoms in total. The Labute approximate surface area is 123 Å². The van der Waals surface area contributed by atoms with Crippen LogP contribution in [0.5, 0.6) is 0 Å². The Morgan fingerprint density at radius 2 is 1.95 bits per heavy atom. The van der Waals surface area contributed by atoms with Crippen LogP contribution in [-0.4, -0.2) is 23.8 Å². The molecular formula is C17H16N2O2. The zero-order valence-electron chi connectivity index (χ0n) is 11.8. The molecule has 106 valence electrons. The van der Waals surface area contributed by atoms with E-state index in [1.54, 1.807) is 24.1 Å². The first-order valence-electron chi connectivity index (χ1n) is 6.85. The molecule has 0 radical (unpaired) electrons. The van der Waals surface area contributed by atoms with E-state index < -0.39 is 0 Å². The molecule has 1 aliphatic rings. The van der Waals surface area contributed by atoms with E-state index in [0.29, 0.717) is 18.5 Å². The minimum atomic E-state index is -0.0530. The van der Waals surface area contributed by atoms with Crippen molar-refractivity contribution in [1.29, 1.82) is 0 Å². The SMILES string of the molecule is CN(Cc1ccccc1)C(=O)c1ccc2c(c1)NC(=O)C2. The summed E-state index contributed by atoms with van der Waals surface area (Å²) in [5.74, 6) is -0.0740. The standard InChI is InChI=1S/C17H16N2O2/c1-19(11-12-5-3-2-4-6-12)17(21)14-8-7-13-10-16(20)18-15(13)9-14/h2-9H,10-11H2,1H3,(H,18,20). The second-order valence-corrected chi connectivity index (χ2v) is 5.24. The van der Waals surface area contributed by atoms with Crippen molar-refractivity contribution in [3.63, 3.8) is 0 Å². The molecule has 0 atom stereocenters. The summed E-state index contributed by atoms with van der Waals surface area (Å²) in [6, 6.07) is 15.2. The molecule has 2 aromatic carbocycles. The second-order valence-electron chi connectivity index (χ2n) is 5.24. The number of anilines is 1. The molecule has 1 N–H and O–H groups in total. The van der Waals surface area contributed by atoms with E-state index in [4.69, 9.17) is 0 Å². The fraction of sp³-hybridized carbons (Fsp3) is 0.176. The molecule has 0 aliphatic carbocycles. The molecule has 2 amide bonds. The predicted octanol–water partition coefficient (Wildman–Crippen LogP) is 2.45. The van der Waals surface area contributed by atoms with Gasteiger partial charge in [0.2, 0.25) is 5.91 Å². The largest absolute Gasteiger partial charge is 0.337 e. The molecule has 0 fully saturated rings. The van der Waals surface area contributed by atoms with Crippen molar-refractivity contribution >= 4 is 17.5 Å². The molecule has 21 heavy (non-hydrogen) atoms. The van der Waals surface area contributed by atoms with Crippen LogP contribution in [0.25, 0.3) is 0 Å². The maximum absolute atomic E-state index is 12.4. The summed E-state index contributed by atoms with van der Waals surface area (Å²) in [5.41, 5.74) is 3.37. The molecule has 0 bridgehead atoms. The average molecular weight is 280 g/mol. The van der Waals surface area contributed by atoms with Crippen LogP contribution in [0.4, 0.5) is 5.69 Å². The number of hydrogen-bond donors (Lipinski definition) is 1. The van der Waals surface area contributed by atoms with Gasteiger partial charge in [-0.3, -0.25) is 9.59 Å². The highest BCUT2D eigenvalue weighted by atomic mass is 16.2. The summed E-state index contributed by atoms with van der Waals surface area (Å²) >= 11 is 0. The average Bonchev–Trinajstić information content (AvgIpc) is 2.86. The van der Waals surface area contributed by atoms with Gasteiger partial charge in [0.25, 0.3) is 5.91 Å². The van der Waals surface area contributed by atoms with Crippen molar-refractivity contribution < 1.29 is 9.59 Å². The number of fused-ring (bicyclic) bond motifs is 1. The molecule has 0 aromatic heterocycles. The number of amides is 2. The Bertz CT molecular complexity index is 695. The van der Waals surface area contributed by atoms with Gasteiger partial charge in [-0.1, -0.05) is 36.4 Å². The molecule has 2 aromatic rings. The zero-order valence-corrected chi connectivity index (χ0v) is 11.8. The van der Waals surface area contributed by atoms with Crippen molar-refractivity contribution in [1.82, 2.24) is 4.90 Å². The summed E-state index contributed by atoms with van der Waals surface area (Å²) in [4.78, 5) is 25.5. The fourth-order valence-corrected chi connectivity index (χ4v) is 2.50. The highest BCUT2D eigenvalue weighted by molar-refractivity contribution is 6.02. The van der Waals surface area contributed by atoms with E-state index >= 15 is 0 Å². The predicted molar refractivity (Wildman–Crippen MR) is 81.0 cm³/mol.